The molecule has 0 saturated heterocycles. The van der Waals surface area contributed by atoms with Crippen molar-refractivity contribution in [1.82, 2.24) is 19.7 Å². The average Bonchev–Trinajstić information content (AvgIpc) is 2.88. The molecule has 0 saturated carbocycles. The molecule has 0 aliphatic heterocycles. The zero-order valence-electron chi connectivity index (χ0n) is 11.8. The molecule has 7 heteroatoms. The van der Waals surface area contributed by atoms with Crippen molar-refractivity contribution in [3.8, 4) is 5.82 Å². The summed E-state index contributed by atoms with van der Waals surface area (Å²) >= 11 is 0. The summed E-state index contributed by atoms with van der Waals surface area (Å²) in [7, 11) is 0. The Bertz CT molecular complexity index is 619. The van der Waals surface area contributed by atoms with Gasteiger partial charge in [-0.15, -0.1) is 0 Å². The molecule has 0 aliphatic carbocycles. The summed E-state index contributed by atoms with van der Waals surface area (Å²) in [5.74, 6) is 1.08. The highest BCUT2D eigenvalue weighted by molar-refractivity contribution is 5.90. The van der Waals surface area contributed by atoms with Crippen LogP contribution >= 0.6 is 0 Å². The van der Waals surface area contributed by atoms with Crippen LogP contribution in [0.3, 0.4) is 0 Å². The number of primary amides is 1. The number of nitrogens with two attached hydrogens (primary N) is 1. The van der Waals surface area contributed by atoms with E-state index in [1.54, 1.807) is 16.9 Å². The van der Waals surface area contributed by atoms with Crippen LogP contribution in [0, 0.1) is 0 Å². The third-order valence-corrected chi connectivity index (χ3v) is 2.84. The maximum Gasteiger partial charge on any atom is 0.269 e. The Hall–Kier alpha value is -2.44. The molecule has 2 rings (SSSR count). The van der Waals surface area contributed by atoms with E-state index in [9.17, 15) is 4.79 Å². The Morgan fingerprint density at radius 2 is 2.20 bits per heavy atom. The Morgan fingerprint density at radius 3 is 2.75 bits per heavy atom. The van der Waals surface area contributed by atoms with E-state index in [4.69, 9.17) is 5.73 Å². The molecular formula is C13H18N6O. The van der Waals surface area contributed by atoms with Crippen LogP contribution in [0.5, 0.6) is 0 Å². The Labute approximate surface area is 117 Å². The van der Waals surface area contributed by atoms with Crippen LogP contribution in [0.25, 0.3) is 5.82 Å². The lowest BCUT2D eigenvalue weighted by Gasteiger charge is -2.16. The molecule has 0 unspecified atom stereocenters. The maximum absolute atomic E-state index is 11.1. The number of carbonyl (C=O) groups is 1. The van der Waals surface area contributed by atoms with Crippen LogP contribution in [-0.2, 0) is 0 Å². The van der Waals surface area contributed by atoms with E-state index < -0.39 is 5.91 Å². The van der Waals surface area contributed by atoms with Gasteiger partial charge in [-0.25, -0.2) is 14.6 Å². The predicted molar refractivity (Wildman–Crippen MR) is 75.9 cm³/mol. The molecule has 7 nitrogen and oxygen atoms in total. The van der Waals surface area contributed by atoms with Crippen molar-refractivity contribution in [2.24, 2.45) is 5.73 Å². The number of anilines is 1. The number of hydrogen-bond donors (Lipinski definition) is 2. The molecule has 0 spiro atoms. The summed E-state index contributed by atoms with van der Waals surface area (Å²) in [5, 5.41) is 7.36. The Kier molecular flexibility index (Phi) is 3.97. The molecule has 0 atom stereocenters. The first-order valence-corrected chi connectivity index (χ1v) is 6.49. The highest BCUT2D eigenvalue weighted by atomic mass is 16.1. The van der Waals surface area contributed by atoms with Crippen molar-refractivity contribution in [3.05, 3.63) is 29.8 Å². The van der Waals surface area contributed by atoms with Gasteiger partial charge in [-0.05, 0) is 18.9 Å². The molecule has 0 radical (unpaired) electrons. The van der Waals surface area contributed by atoms with Gasteiger partial charge in [0.2, 0.25) is 0 Å². The number of nitrogens with one attached hydrogen (secondary N) is 1. The van der Waals surface area contributed by atoms with Gasteiger partial charge < -0.3 is 11.1 Å². The zero-order chi connectivity index (χ0) is 14.7. The number of carbonyl (C=O) groups excluding carboxylic acids is 1. The lowest BCUT2D eigenvalue weighted by atomic mass is 10.0. The fraction of sp³-hybridized carbons (Fsp3) is 0.385. The number of nitrogens with zero attached hydrogens (tertiary/aromatic N) is 4. The third kappa shape index (κ3) is 2.61. The van der Waals surface area contributed by atoms with Crippen LogP contribution in [-0.4, -0.2) is 32.2 Å². The van der Waals surface area contributed by atoms with E-state index >= 15 is 0 Å². The molecule has 3 N–H and O–H groups in total. The highest BCUT2D eigenvalue weighted by Gasteiger charge is 2.17. The van der Waals surface area contributed by atoms with Crippen LogP contribution < -0.4 is 11.1 Å². The van der Waals surface area contributed by atoms with Crippen molar-refractivity contribution in [2.75, 3.05) is 11.9 Å². The van der Waals surface area contributed by atoms with Gasteiger partial charge >= 0.3 is 0 Å². The Morgan fingerprint density at radius 1 is 1.45 bits per heavy atom. The van der Waals surface area contributed by atoms with Crippen LogP contribution in [0.15, 0.2) is 18.6 Å². The second-order valence-electron chi connectivity index (χ2n) is 4.65. The predicted octanol–water partition coefficient (Wildman–Crippen LogP) is 1.32. The summed E-state index contributed by atoms with van der Waals surface area (Å²) < 4.78 is 1.55. The van der Waals surface area contributed by atoms with Crippen molar-refractivity contribution < 1.29 is 4.79 Å². The molecule has 106 valence electrons. The minimum absolute atomic E-state index is 0.210. The second kappa shape index (κ2) is 5.68. The van der Waals surface area contributed by atoms with Crippen molar-refractivity contribution in [2.45, 2.75) is 26.7 Å². The third-order valence-electron chi connectivity index (χ3n) is 2.84. The molecule has 0 bridgehead atoms. The molecule has 2 heterocycles. The van der Waals surface area contributed by atoms with Gasteiger partial charge in [0.05, 0.1) is 0 Å². The minimum atomic E-state index is -0.559. The van der Waals surface area contributed by atoms with E-state index in [1.807, 2.05) is 6.92 Å². The first-order chi connectivity index (χ1) is 9.54. The van der Waals surface area contributed by atoms with Gasteiger partial charge in [0.15, 0.2) is 5.82 Å². The van der Waals surface area contributed by atoms with Gasteiger partial charge in [-0.3, -0.25) is 4.79 Å². The van der Waals surface area contributed by atoms with E-state index in [0.29, 0.717) is 5.82 Å². The maximum atomic E-state index is 11.1. The van der Waals surface area contributed by atoms with Gasteiger partial charge in [-0.2, -0.15) is 5.10 Å². The largest absolute Gasteiger partial charge is 0.370 e. The van der Waals surface area contributed by atoms with Crippen LogP contribution in [0.1, 0.15) is 42.7 Å². The smallest absolute Gasteiger partial charge is 0.269 e. The molecule has 1 amide bonds. The molecule has 2 aromatic heterocycles. The number of aromatic nitrogens is 4. The standard InChI is InChI=1S/C13H18N6O/c1-4-15-12-10(8(2)3)13(17-7-16-12)19-6-5-9(18-19)11(14)20/h5-8H,4H2,1-3H3,(H2,14,20)(H,15,16,17). The van der Waals surface area contributed by atoms with E-state index in [2.05, 4.69) is 34.2 Å². The second-order valence-corrected chi connectivity index (χ2v) is 4.65. The minimum Gasteiger partial charge on any atom is -0.370 e. The van der Waals surface area contributed by atoms with Gasteiger partial charge in [0.1, 0.15) is 17.8 Å². The summed E-state index contributed by atoms with van der Waals surface area (Å²) in [6.07, 6.45) is 3.15. The fourth-order valence-corrected chi connectivity index (χ4v) is 1.98. The van der Waals surface area contributed by atoms with Crippen molar-refractivity contribution in [3.63, 3.8) is 0 Å². The summed E-state index contributed by atoms with van der Waals surface area (Å²) in [6, 6.07) is 1.57. The Balaban J connectivity index is 2.54. The molecule has 2 aromatic rings. The summed E-state index contributed by atoms with van der Waals surface area (Å²) in [6.45, 7) is 6.88. The van der Waals surface area contributed by atoms with Crippen molar-refractivity contribution >= 4 is 11.7 Å². The normalized spacial score (nSPS) is 10.8. The topological polar surface area (TPSA) is 98.7 Å². The van der Waals surface area contributed by atoms with E-state index in [0.717, 1.165) is 17.9 Å². The SMILES string of the molecule is CCNc1ncnc(-n2ccc(C(N)=O)n2)c1C(C)C. The zero-order valence-corrected chi connectivity index (χ0v) is 11.8. The molecule has 0 aromatic carbocycles. The van der Waals surface area contributed by atoms with E-state index in [-0.39, 0.29) is 11.6 Å². The van der Waals surface area contributed by atoms with Crippen LogP contribution in [0.2, 0.25) is 0 Å². The number of rotatable bonds is 5. The molecular weight excluding hydrogens is 256 g/mol. The average molecular weight is 274 g/mol. The lowest BCUT2D eigenvalue weighted by Crippen LogP contribution is -2.14. The quantitative estimate of drug-likeness (QED) is 0.856. The highest BCUT2D eigenvalue weighted by Crippen LogP contribution is 2.26. The molecule has 0 aliphatic rings. The van der Waals surface area contributed by atoms with Crippen LogP contribution in [0.4, 0.5) is 5.82 Å². The van der Waals surface area contributed by atoms with Gasteiger partial charge in [0.25, 0.3) is 5.91 Å². The van der Waals surface area contributed by atoms with Crippen molar-refractivity contribution in [1.29, 1.82) is 0 Å². The molecule has 20 heavy (non-hydrogen) atoms. The van der Waals surface area contributed by atoms with E-state index in [1.165, 1.54) is 6.33 Å². The number of amides is 1. The first kappa shape index (κ1) is 14.0. The monoisotopic (exact) mass is 274 g/mol. The number of hydrogen-bond acceptors (Lipinski definition) is 5. The summed E-state index contributed by atoms with van der Waals surface area (Å²) in [4.78, 5) is 19.7. The lowest BCUT2D eigenvalue weighted by molar-refractivity contribution is 0.0995. The molecule has 0 fully saturated rings. The first-order valence-electron chi connectivity index (χ1n) is 6.49. The van der Waals surface area contributed by atoms with Gasteiger partial charge in [-0.1, -0.05) is 13.8 Å². The van der Waals surface area contributed by atoms with Gasteiger partial charge in [0, 0.05) is 18.3 Å². The fourth-order valence-electron chi connectivity index (χ4n) is 1.98. The summed E-state index contributed by atoms with van der Waals surface area (Å²) in [5.41, 5.74) is 6.38.